The molecule has 0 spiro atoms. The number of phosphoric acid groups is 1. The van der Waals surface area contributed by atoms with Crippen LogP contribution in [0, 0.1) is 0 Å². The first-order chi connectivity index (χ1) is 7.54. The van der Waals surface area contributed by atoms with Crippen LogP contribution >= 0.6 is 7.82 Å². The maximum atomic E-state index is 11.9. The van der Waals surface area contributed by atoms with Gasteiger partial charge in [0, 0.05) is 6.92 Å². The summed E-state index contributed by atoms with van der Waals surface area (Å²) in [4.78, 5) is 10.8. The molecule has 0 aromatic rings. The van der Waals surface area contributed by atoms with Gasteiger partial charge in [-0.1, -0.05) is 26.7 Å². The van der Waals surface area contributed by atoms with Gasteiger partial charge in [0.15, 0.2) is 0 Å². The normalized spacial score (nSPS) is 11.4. The number of phosphoric ester groups is 1. The summed E-state index contributed by atoms with van der Waals surface area (Å²) in [5.41, 5.74) is 0. The van der Waals surface area contributed by atoms with Gasteiger partial charge in [-0.3, -0.25) is 13.8 Å². The fourth-order valence-electron chi connectivity index (χ4n) is 0.889. The highest BCUT2D eigenvalue weighted by molar-refractivity contribution is 7.49. The summed E-state index contributed by atoms with van der Waals surface area (Å²) >= 11 is 0. The molecule has 96 valence electrons. The second kappa shape index (κ2) is 8.74. The first-order valence-electron chi connectivity index (χ1n) is 5.63. The van der Waals surface area contributed by atoms with Gasteiger partial charge in [-0.05, 0) is 12.8 Å². The van der Waals surface area contributed by atoms with Gasteiger partial charge >= 0.3 is 13.8 Å². The highest BCUT2D eigenvalue weighted by atomic mass is 31.2. The van der Waals surface area contributed by atoms with Gasteiger partial charge in [-0.25, -0.2) is 4.57 Å². The summed E-state index contributed by atoms with van der Waals surface area (Å²) < 4.78 is 26.5. The molecule has 0 aliphatic carbocycles. The third-order valence-corrected chi connectivity index (χ3v) is 3.21. The van der Waals surface area contributed by atoms with E-state index in [-0.39, 0.29) is 13.2 Å². The molecular formula is C10H21O5P. The van der Waals surface area contributed by atoms with Crippen LogP contribution in [0.15, 0.2) is 0 Å². The fourth-order valence-corrected chi connectivity index (χ4v) is 2.09. The van der Waals surface area contributed by atoms with E-state index in [1.165, 1.54) is 6.92 Å². The SMILES string of the molecule is CCCCOP(=O)(OCCCC)OC(C)=O. The van der Waals surface area contributed by atoms with Gasteiger partial charge in [0.05, 0.1) is 13.2 Å². The number of carbonyl (C=O) groups is 1. The molecule has 0 radical (unpaired) electrons. The molecule has 0 rings (SSSR count). The first kappa shape index (κ1) is 15.6. The Morgan fingerprint density at radius 3 is 1.81 bits per heavy atom. The summed E-state index contributed by atoms with van der Waals surface area (Å²) in [6.07, 6.45) is 3.33. The minimum Gasteiger partial charge on any atom is -0.371 e. The average molecular weight is 252 g/mol. The van der Waals surface area contributed by atoms with E-state index < -0.39 is 13.8 Å². The van der Waals surface area contributed by atoms with Crippen molar-refractivity contribution in [2.24, 2.45) is 0 Å². The van der Waals surface area contributed by atoms with Crippen molar-refractivity contribution in [1.82, 2.24) is 0 Å². The molecule has 0 amide bonds. The van der Waals surface area contributed by atoms with Crippen LogP contribution in [-0.4, -0.2) is 19.2 Å². The van der Waals surface area contributed by atoms with Gasteiger partial charge in [-0.2, -0.15) is 0 Å². The molecule has 0 bridgehead atoms. The van der Waals surface area contributed by atoms with Crippen molar-refractivity contribution in [2.45, 2.75) is 46.5 Å². The van der Waals surface area contributed by atoms with Crippen LogP contribution in [0.3, 0.4) is 0 Å². The predicted octanol–water partition coefficient (Wildman–Crippen LogP) is 3.29. The van der Waals surface area contributed by atoms with Gasteiger partial charge in [0.25, 0.3) is 0 Å². The van der Waals surface area contributed by atoms with Crippen LogP contribution < -0.4 is 0 Å². The Bertz CT molecular complexity index is 227. The van der Waals surface area contributed by atoms with E-state index >= 15 is 0 Å². The van der Waals surface area contributed by atoms with Crippen molar-refractivity contribution in [3.05, 3.63) is 0 Å². The lowest BCUT2D eigenvalue weighted by molar-refractivity contribution is -0.133. The molecule has 0 fully saturated rings. The highest BCUT2D eigenvalue weighted by Gasteiger charge is 2.29. The number of rotatable bonds is 9. The Kier molecular flexibility index (Phi) is 8.53. The Labute approximate surface area is 97.1 Å². The number of carbonyl (C=O) groups excluding carboxylic acids is 1. The lowest BCUT2D eigenvalue weighted by Gasteiger charge is -2.16. The quantitative estimate of drug-likeness (QED) is 0.465. The van der Waals surface area contributed by atoms with E-state index in [2.05, 4.69) is 4.52 Å². The molecule has 0 saturated carbocycles. The maximum Gasteiger partial charge on any atom is 0.532 e. The van der Waals surface area contributed by atoms with Crippen molar-refractivity contribution < 1.29 is 22.9 Å². The summed E-state index contributed by atoms with van der Waals surface area (Å²) in [5, 5.41) is 0. The van der Waals surface area contributed by atoms with Gasteiger partial charge < -0.3 is 4.52 Å². The zero-order valence-electron chi connectivity index (χ0n) is 10.2. The molecule has 0 N–H and O–H groups in total. The van der Waals surface area contributed by atoms with E-state index in [9.17, 15) is 9.36 Å². The van der Waals surface area contributed by atoms with Crippen molar-refractivity contribution in [2.75, 3.05) is 13.2 Å². The van der Waals surface area contributed by atoms with E-state index in [0.29, 0.717) is 0 Å². The molecule has 0 unspecified atom stereocenters. The molecule has 0 atom stereocenters. The van der Waals surface area contributed by atoms with Crippen LogP contribution in [0.2, 0.25) is 0 Å². The Morgan fingerprint density at radius 2 is 1.50 bits per heavy atom. The number of hydrogen-bond acceptors (Lipinski definition) is 5. The zero-order valence-corrected chi connectivity index (χ0v) is 11.1. The van der Waals surface area contributed by atoms with Crippen molar-refractivity contribution >= 4 is 13.8 Å². The molecule has 5 nitrogen and oxygen atoms in total. The van der Waals surface area contributed by atoms with E-state index in [0.717, 1.165) is 25.7 Å². The van der Waals surface area contributed by atoms with Gasteiger partial charge in [0.1, 0.15) is 0 Å². The van der Waals surface area contributed by atoms with Crippen LogP contribution in [0.25, 0.3) is 0 Å². The maximum absolute atomic E-state index is 11.9. The lowest BCUT2D eigenvalue weighted by Crippen LogP contribution is -2.05. The summed E-state index contributed by atoms with van der Waals surface area (Å²) in [5.74, 6) is -0.656. The monoisotopic (exact) mass is 252 g/mol. The minimum atomic E-state index is -3.68. The molecule has 0 aliphatic heterocycles. The van der Waals surface area contributed by atoms with E-state index in [4.69, 9.17) is 9.05 Å². The van der Waals surface area contributed by atoms with Gasteiger partial charge in [-0.15, -0.1) is 0 Å². The standard InChI is InChI=1S/C10H21O5P/c1-4-6-8-13-16(12,15-10(3)11)14-9-7-5-2/h4-9H2,1-3H3. The third-order valence-electron chi connectivity index (χ3n) is 1.73. The summed E-state index contributed by atoms with van der Waals surface area (Å²) in [7, 11) is -3.68. The lowest BCUT2D eigenvalue weighted by atomic mass is 10.4. The van der Waals surface area contributed by atoms with Crippen LogP contribution in [0.4, 0.5) is 0 Å². The molecule has 0 saturated heterocycles. The third kappa shape index (κ3) is 7.85. The minimum absolute atomic E-state index is 0.271. The molecular weight excluding hydrogens is 231 g/mol. The second-order valence-corrected chi connectivity index (χ2v) is 5.00. The van der Waals surface area contributed by atoms with Crippen molar-refractivity contribution in [1.29, 1.82) is 0 Å². The molecule has 6 heteroatoms. The number of unbranched alkanes of at least 4 members (excludes halogenated alkanes) is 2. The fraction of sp³-hybridized carbons (Fsp3) is 0.900. The van der Waals surface area contributed by atoms with Crippen LogP contribution in [0.5, 0.6) is 0 Å². The first-order valence-corrected chi connectivity index (χ1v) is 7.09. The van der Waals surface area contributed by atoms with E-state index in [1.807, 2.05) is 13.8 Å². The van der Waals surface area contributed by atoms with E-state index in [1.54, 1.807) is 0 Å². The average Bonchev–Trinajstić information content (AvgIpc) is 2.17. The Morgan fingerprint density at radius 1 is 1.06 bits per heavy atom. The van der Waals surface area contributed by atoms with Crippen LogP contribution in [0.1, 0.15) is 46.5 Å². The summed E-state index contributed by atoms with van der Waals surface area (Å²) in [6, 6.07) is 0. The second-order valence-electron chi connectivity index (χ2n) is 3.40. The highest BCUT2D eigenvalue weighted by Crippen LogP contribution is 2.49. The van der Waals surface area contributed by atoms with Crippen molar-refractivity contribution in [3.63, 3.8) is 0 Å². The van der Waals surface area contributed by atoms with Crippen molar-refractivity contribution in [3.8, 4) is 0 Å². The topological polar surface area (TPSA) is 61.8 Å². The molecule has 0 aromatic carbocycles. The largest absolute Gasteiger partial charge is 0.532 e. The Balaban J connectivity index is 4.13. The Hall–Kier alpha value is -0.380. The van der Waals surface area contributed by atoms with Gasteiger partial charge in [0.2, 0.25) is 0 Å². The zero-order chi connectivity index (χ0) is 12.4. The molecule has 16 heavy (non-hydrogen) atoms. The summed E-state index contributed by atoms with van der Waals surface area (Å²) in [6.45, 7) is 5.69. The number of hydrogen-bond donors (Lipinski definition) is 0. The molecule has 0 aliphatic rings. The predicted molar refractivity (Wildman–Crippen MR) is 61.1 cm³/mol. The molecule has 0 heterocycles. The molecule has 0 aromatic heterocycles. The smallest absolute Gasteiger partial charge is 0.371 e. The van der Waals surface area contributed by atoms with Crippen LogP contribution in [-0.2, 0) is 22.9 Å².